The minimum absolute atomic E-state index is 0.225. The first-order valence-electron chi connectivity index (χ1n) is 5.68. The Morgan fingerprint density at radius 2 is 1.95 bits per heavy atom. The van der Waals surface area contributed by atoms with Crippen molar-refractivity contribution in [1.82, 2.24) is 4.98 Å². The van der Waals surface area contributed by atoms with E-state index in [-0.39, 0.29) is 6.61 Å². The molecule has 1 aromatic carbocycles. The first-order chi connectivity index (χ1) is 9.77. The number of thiazole rings is 1. The summed E-state index contributed by atoms with van der Waals surface area (Å²) in [6, 6.07) is 4.58. The van der Waals surface area contributed by atoms with Gasteiger partial charge in [0.25, 0.3) is 5.09 Å². The van der Waals surface area contributed by atoms with E-state index in [1.54, 1.807) is 6.92 Å². The molecule has 112 valence electrons. The van der Waals surface area contributed by atoms with Gasteiger partial charge in [-0.1, -0.05) is 12.1 Å². The van der Waals surface area contributed by atoms with Gasteiger partial charge in [0, 0.05) is 5.56 Å². The van der Waals surface area contributed by atoms with Gasteiger partial charge in [-0.05, 0) is 19.1 Å². The fourth-order valence-electron chi connectivity index (χ4n) is 1.60. The predicted molar refractivity (Wildman–Crippen MR) is 69.1 cm³/mol. The smallest absolute Gasteiger partial charge is 0.308 e. The third-order valence-corrected chi connectivity index (χ3v) is 3.83. The van der Waals surface area contributed by atoms with Gasteiger partial charge in [0.05, 0.1) is 16.1 Å². The highest BCUT2D eigenvalue weighted by molar-refractivity contribution is 7.15. The van der Waals surface area contributed by atoms with Crippen LogP contribution in [0, 0.1) is 17.0 Å². The Bertz CT molecular complexity index is 653. The number of benzene rings is 1. The van der Waals surface area contributed by atoms with Gasteiger partial charge in [0.1, 0.15) is 11.6 Å². The lowest BCUT2D eigenvalue weighted by Crippen LogP contribution is -2.03. The Hall–Kier alpha value is -2.16. The van der Waals surface area contributed by atoms with Crippen molar-refractivity contribution >= 4 is 11.3 Å². The van der Waals surface area contributed by atoms with Crippen LogP contribution in [0.5, 0.6) is 0 Å². The zero-order valence-electron chi connectivity index (χ0n) is 10.7. The molecule has 2 aromatic rings. The Labute approximate surface area is 121 Å². The number of aromatic nitrogens is 1. The number of hydrogen-bond donors (Lipinski definition) is 0. The molecule has 5 nitrogen and oxygen atoms in total. The van der Waals surface area contributed by atoms with Crippen LogP contribution < -0.4 is 0 Å². The van der Waals surface area contributed by atoms with Crippen molar-refractivity contribution in [3.05, 3.63) is 50.5 Å². The standard InChI is InChI=1S/C12H9F3N2O3S/c1-7-10(6-20-17(18)19)21-11(16-7)8-2-4-9(5-3-8)12(13,14)15/h2-5H,6H2,1H3. The van der Waals surface area contributed by atoms with E-state index in [1.807, 2.05) is 0 Å². The average molecular weight is 318 g/mol. The summed E-state index contributed by atoms with van der Waals surface area (Å²) in [6.45, 7) is 1.43. The van der Waals surface area contributed by atoms with Crippen LogP contribution in [0.2, 0.25) is 0 Å². The van der Waals surface area contributed by atoms with Crippen molar-refractivity contribution in [2.24, 2.45) is 0 Å². The van der Waals surface area contributed by atoms with E-state index in [0.29, 0.717) is 21.1 Å². The van der Waals surface area contributed by atoms with Gasteiger partial charge in [0.15, 0.2) is 0 Å². The van der Waals surface area contributed by atoms with Crippen molar-refractivity contribution < 1.29 is 23.1 Å². The number of alkyl halides is 3. The molecule has 0 amide bonds. The summed E-state index contributed by atoms with van der Waals surface area (Å²) in [6.07, 6.45) is -4.39. The van der Waals surface area contributed by atoms with Crippen LogP contribution in [0.1, 0.15) is 16.1 Å². The highest BCUT2D eigenvalue weighted by Crippen LogP contribution is 2.33. The molecule has 0 fully saturated rings. The maximum absolute atomic E-state index is 12.5. The van der Waals surface area contributed by atoms with Gasteiger partial charge in [-0.25, -0.2) is 4.98 Å². The van der Waals surface area contributed by atoms with E-state index in [2.05, 4.69) is 9.82 Å². The molecule has 0 aliphatic rings. The first kappa shape index (κ1) is 15.2. The average Bonchev–Trinajstić information content (AvgIpc) is 2.77. The van der Waals surface area contributed by atoms with Crippen molar-refractivity contribution in [2.45, 2.75) is 19.7 Å². The molecule has 0 radical (unpaired) electrons. The molecule has 0 aliphatic heterocycles. The molecular formula is C12H9F3N2O3S. The lowest BCUT2D eigenvalue weighted by molar-refractivity contribution is -0.762. The van der Waals surface area contributed by atoms with Crippen molar-refractivity contribution in [3.8, 4) is 10.6 Å². The summed E-state index contributed by atoms with van der Waals surface area (Å²) in [4.78, 5) is 19.2. The molecule has 0 aliphatic carbocycles. The maximum atomic E-state index is 12.5. The van der Waals surface area contributed by atoms with E-state index in [1.165, 1.54) is 12.1 Å². The van der Waals surface area contributed by atoms with Crippen LogP contribution in [-0.2, 0) is 17.6 Å². The predicted octanol–water partition coefficient (Wildman–Crippen LogP) is 3.85. The van der Waals surface area contributed by atoms with Crippen LogP contribution in [0.25, 0.3) is 10.6 Å². The normalized spacial score (nSPS) is 11.4. The molecule has 0 spiro atoms. The molecule has 0 atom stereocenters. The highest BCUT2D eigenvalue weighted by Gasteiger charge is 2.30. The Kier molecular flexibility index (Phi) is 4.12. The zero-order valence-corrected chi connectivity index (χ0v) is 11.5. The molecule has 21 heavy (non-hydrogen) atoms. The molecular weight excluding hydrogens is 309 g/mol. The van der Waals surface area contributed by atoms with E-state index >= 15 is 0 Å². The van der Waals surface area contributed by atoms with Gasteiger partial charge in [-0.3, -0.25) is 0 Å². The van der Waals surface area contributed by atoms with Crippen LogP contribution in [0.15, 0.2) is 24.3 Å². The lowest BCUT2D eigenvalue weighted by atomic mass is 10.1. The van der Waals surface area contributed by atoms with Crippen LogP contribution in [-0.4, -0.2) is 10.1 Å². The first-order valence-corrected chi connectivity index (χ1v) is 6.50. The monoisotopic (exact) mass is 318 g/mol. The van der Waals surface area contributed by atoms with Crippen LogP contribution >= 0.6 is 11.3 Å². The second-order valence-corrected chi connectivity index (χ2v) is 5.18. The minimum atomic E-state index is -4.39. The summed E-state index contributed by atoms with van der Waals surface area (Å²) < 4.78 is 37.4. The molecule has 1 aromatic heterocycles. The van der Waals surface area contributed by atoms with E-state index in [4.69, 9.17) is 0 Å². The van der Waals surface area contributed by atoms with Gasteiger partial charge in [-0.15, -0.1) is 21.5 Å². The maximum Gasteiger partial charge on any atom is 0.416 e. The molecule has 0 bridgehead atoms. The summed E-state index contributed by atoms with van der Waals surface area (Å²) in [5.74, 6) is 0. The summed E-state index contributed by atoms with van der Waals surface area (Å²) in [7, 11) is 0. The topological polar surface area (TPSA) is 65.3 Å². The van der Waals surface area contributed by atoms with E-state index in [9.17, 15) is 23.3 Å². The van der Waals surface area contributed by atoms with Crippen molar-refractivity contribution in [2.75, 3.05) is 0 Å². The summed E-state index contributed by atoms with van der Waals surface area (Å²) in [5.41, 5.74) is 0.330. The number of nitrogens with zero attached hydrogens (tertiary/aromatic N) is 2. The van der Waals surface area contributed by atoms with Gasteiger partial charge in [-0.2, -0.15) is 13.2 Å². The quantitative estimate of drug-likeness (QED) is 0.634. The van der Waals surface area contributed by atoms with Crippen molar-refractivity contribution in [3.63, 3.8) is 0 Å². The largest absolute Gasteiger partial charge is 0.416 e. The number of hydrogen-bond acceptors (Lipinski definition) is 5. The molecule has 0 unspecified atom stereocenters. The number of aryl methyl sites for hydroxylation is 1. The third-order valence-electron chi connectivity index (χ3n) is 2.65. The summed E-state index contributed by atoms with van der Waals surface area (Å²) in [5, 5.41) is 9.74. The van der Waals surface area contributed by atoms with Crippen LogP contribution in [0.3, 0.4) is 0 Å². The number of rotatable bonds is 4. The van der Waals surface area contributed by atoms with Gasteiger partial charge in [0.2, 0.25) is 0 Å². The SMILES string of the molecule is Cc1nc(-c2ccc(C(F)(F)F)cc2)sc1CO[N+](=O)[O-]. The Balaban J connectivity index is 2.22. The van der Waals surface area contributed by atoms with Gasteiger partial charge >= 0.3 is 6.18 Å². The molecule has 0 saturated heterocycles. The summed E-state index contributed by atoms with van der Waals surface area (Å²) >= 11 is 1.15. The second kappa shape index (κ2) is 5.68. The fourth-order valence-corrected chi connectivity index (χ4v) is 2.57. The van der Waals surface area contributed by atoms with E-state index in [0.717, 1.165) is 23.5 Å². The van der Waals surface area contributed by atoms with Gasteiger partial charge < -0.3 is 4.84 Å². The lowest BCUT2D eigenvalue weighted by Gasteiger charge is -2.06. The molecule has 0 saturated carbocycles. The Morgan fingerprint density at radius 3 is 2.48 bits per heavy atom. The molecule has 1 heterocycles. The molecule has 9 heteroatoms. The van der Waals surface area contributed by atoms with Crippen LogP contribution in [0.4, 0.5) is 13.2 Å². The van der Waals surface area contributed by atoms with E-state index < -0.39 is 16.8 Å². The third kappa shape index (κ3) is 3.69. The number of halogens is 3. The molecule has 0 N–H and O–H groups in total. The van der Waals surface area contributed by atoms with Crippen molar-refractivity contribution in [1.29, 1.82) is 0 Å². The zero-order chi connectivity index (χ0) is 15.6. The Morgan fingerprint density at radius 1 is 1.33 bits per heavy atom. The minimum Gasteiger partial charge on any atom is -0.308 e. The molecule has 2 rings (SSSR count). The second-order valence-electron chi connectivity index (χ2n) is 4.10. The highest BCUT2D eigenvalue weighted by atomic mass is 32.1. The fraction of sp³-hybridized carbons (Fsp3) is 0.250.